The molecule has 5 nitrogen and oxygen atoms in total. The standard InChI is InChI=1S/C15H21NO4/c1-6-19-14(17)12-10(3)8-9-11(16(4)5)13(12)15(18)20-7-2/h8-9H,6-7H2,1-5H3. The molecule has 0 aromatic heterocycles. The highest BCUT2D eigenvalue weighted by Crippen LogP contribution is 2.27. The van der Waals surface area contributed by atoms with Crippen LogP contribution in [0, 0.1) is 6.92 Å². The van der Waals surface area contributed by atoms with Crippen molar-refractivity contribution in [3.63, 3.8) is 0 Å². The Labute approximate surface area is 119 Å². The minimum atomic E-state index is -0.511. The van der Waals surface area contributed by atoms with Crippen LogP contribution in [0.3, 0.4) is 0 Å². The Morgan fingerprint density at radius 3 is 1.95 bits per heavy atom. The summed E-state index contributed by atoms with van der Waals surface area (Å²) in [4.78, 5) is 26.1. The summed E-state index contributed by atoms with van der Waals surface area (Å²) in [6.45, 7) is 5.74. The van der Waals surface area contributed by atoms with Crippen LogP contribution in [0.5, 0.6) is 0 Å². The lowest BCUT2D eigenvalue weighted by Crippen LogP contribution is -2.21. The van der Waals surface area contributed by atoms with Crippen molar-refractivity contribution in [2.24, 2.45) is 0 Å². The van der Waals surface area contributed by atoms with Gasteiger partial charge in [0.15, 0.2) is 0 Å². The van der Waals surface area contributed by atoms with Crippen LogP contribution in [-0.2, 0) is 9.47 Å². The lowest BCUT2D eigenvalue weighted by molar-refractivity contribution is 0.0478. The molecule has 0 spiro atoms. The number of carbonyl (C=O) groups excluding carboxylic acids is 2. The van der Waals surface area contributed by atoms with Gasteiger partial charge < -0.3 is 14.4 Å². The van der Waals surface area contributed by atoms with Crippen molar-refractivity contribution in [2.45, 2.75) is 20.8 Å². The Bertz CT molecular complexity index is 509. The summed E-state index contributed by atoms with van der Waals surface area (Å²) in [5.41, 5.74) is 1.86. The number of anilines is 1. The van der Waals surface area contributed by atoms with E-state index in [-0.39, 0.29) is 24.3 Å². The minimum Gasteiger partial charge on any atom is -0.462 e. The molecule has 1 rings (SSSR count). The third kappa shape index (κ3) is 3.29. The molecular weight excluding hydrogens is 258 g/mol. The van der Waals surface area contributed by atoms with Crippen LogP contribution >= 0.6 is 0 Å². The Morgan fingerprint density at radius 2 is 1.50 bits per heavy atom. The number of nitrogens with zero attached hydrogens (tertiary/aromatic N) is 1. The normalized spacial score (nSPS) is 10.1. The maximum absolute atomic E-state index is 12.2. The van der Waals surface area contributed by atoms with Crippen molar-refractivity contribution in [3.8, 4) is 0 Å². The van der Waals surface area contributed by atoms with Crippen LogP contribution < -0.4 is 4.90 Å². The van der Waals surface area contributed by atoms with E-state index in [0.29, 0.717) is 11.3 Å². The van der Waals surface area contributed by atoms with E-state index in [4.69, 9.17) is 9.47 Å². The average Bonchev–Trinajstić information content (AvgIpc) is 2.38. The van der Waals surface area contributed by atoms with Gasteiger partial charge in [0.2, 0.25) is 0 Å². The van der Waals surface area contributed by atoms with E-state index in [0.717, 1.165) is 0 Å². The number of hydrogen-bond acceptors (Lipinski definition) is 5. The molecule has 110 valence electrons. The maximum atomic E-state index is 12.2. The molecular formula is C15H21NO4. The number of ether oxygens (including phenoxy) is 2. The van der Waals surface area contributed by atoms with Gasteiger partial charge in [0.25, 0.3) is 0 Å². The van der Waals surface area contributed by atoms with E-state index < -0.39 is 11.9 Å². The summed E-state index contributed by atoms with van der Waals surface area (Å²) in [5.74, 6) is -1.01. The summed E-state index contributed by atoms with van der Waals surface area (Å²) < 4.78 is 10.1. The molecule has 0 fully saturated rings. The fraction of sp³-hybridized carbons (Fsp3) is 0.467. The molecule has 20 heavy (non-hydrogen) atoms. The highest BCUT2D eigenvalue weighted by atomic mass is 16.5. The summed E-state index contributed by atoms with van der Waals surface area (Å²) in [6.07, 6.45) is 0. The first kappa shape index (κ1) is 16.0. The summed E-state index contributed by atoms with van der Waals surface area (Å²) in [6, 6.07) is 3.59. The lowest BCUT2D eigenvalue weighted by Gasteiger charge is -2.20. The third-order valence-electron chi connectivity index (χ3n) is 2.83. The zero-order valence-electron chi connectivity index (χ0n) is 12.6. The van der Waals surface area contributed by atoms with E-state index >= 15 is 0 Å². The number of hydrogen-bond donors (Lipinski definition) is 0. The van der Waals surface area contributed by atoms with Crippen LogP contribution in [0.15, 0.2) is 12.1 Å². The molecule has 0 atom stereocenters. The van der Waals surface area contributed by atoms with Gasteiger partial charge in [-0.15, -0.1) is 0 Å². The number of benzene rings is 1. The number of carbonyl (C=O) groups is 2. The predicted molar refractivity (Wildman–Crippen MR) is 77.4 cm³/mol. The van der Waals surface area contributed by atoms with Crippen molar-refractivity contribution >= 4 is 17.6 Å². The Kier molecular flexibility index (Phi) is 5.55. The van der Waals surface area contributed by atoms with Crippen LogP contribution in [0.1, 0.15) is 40.1 Å². The van der Waals surface area contributed by atoms with E-state index in [2.05, 4.69) is 0 Å². The molecule has 0 bridgehead atoms. The molecule has 0 saturated heterocycles. The van der Waals surface area contributed by atoms with Crippen LogP contribution in [0.25, 0.3) is 0 Å². The quantitative estimate of drug-likeness (QED) is 0.775. The SMILES string of the molecule is CCOC(=O)c1c(C)ccc(N(C)C)c1C(=O)OCC. The fourth-order valence-electron chi connectivity index (χ4n) is 1.94. The van der Waals surface area contributed by atoms with E-state index in [1.54, 1.807) is 37.8 Å². The van der Waals surface area contributed by atoms with Crippen LogP contribution in [0.4, 0.5) is 5.69 Å². The van der Waals surface area contributed by atoms with Crippen molar-refractivity contribution in [1.29, 1.82) is 0 Å². The highest BCUT2D eigenvalue weighted by molar-refractivity contribution is 6.08. The van der Waals surface area contributed by atoms with Gasteiger partial charge in [-0.05, 0) is 32.4 Å². The zero-order valence-corrected chi connectivity index (χ0v) is 12.6. The number of aryl methyl sites for hydroxylation is 1. The fourth-order valence-corrected chi connectivity index (χ4v) is 1.94. The van der Waals surface area contributed by atoms with Gasteiger partial charge in [-0.25, -0.2) is 9.59 Å². The number of rotatable bonds is 5. The molecule has 1 aromatic carbocycles. The van der Waals surface area contributed by atoms with Crippen molar-refractivity contribution < 1.29 is 19.1 Å². The van der Waals surface area contributed by atoms with Gasteiger partial charge in [0, 0.05) is 14.1 Å². The van der Waals surface area contributed by atoms with E-state index in [1.165, 1.54) is 0 Å². The van der Waals surface area contributed by atoms with Gasteiger partial charge in [-0.1, -0.05) is 6.07 Å². The molecule has 0 radical (unpaired) electrons. The summed E-state index contributed by atoms with van der Waals surface area (Å²) in [5, 5.41) is 0. The summed E-state index contributed by atoms with van der Waals surface area (Å²) >= 11 is 0. The second-order valence-corrected chi connectivity index (χ2v) is 4.49. The third-order valence-corrected chi connectivity index (χ3v) is 2.83. The second kappa shape index (κ2) is 6.93. The minimum absolute atomic E-state index is 0.252. The first-order chi connectivity index (χ1) is 9.43. The Morgan fingerprint density at radius 1 is 1.00 bits per heavy atom. The number of esters is 2. The Hall–Kier alpha value is -2.04. The first-order valence-corrected chi connectivity index (χ1v) is 6.59. The van der Waals surface area contributed by atoms with Gasteiger partial charge in [-0.2, -0.15) is 0 Å². The van der Waals surface area contributed by atoms with Gasteiger partial charge in [-0.3, -0.25) is 0 Å². The molecule has 0 aliphatic rings. The van der Waals surface area contributed by atoms with E-state index in [1.807, 2.05) is 14.1 Å². The second-order valence-electron chi connectivity index (χ2n) is 4.49. The monoisotopic (exact) mass is 279 g/mol. The van der Waals surface area contributed by atoms with Crippen LogP contribution in [0.2, 0.25) is 0 Å². The van der Waals surface area contributed by atoms with Crippen molar-refractivity contribution in [3.05, 3.63) is 28.8 Å². The molecule has 5 heteroatoms. The molecule has 0 unspecified atom stereocenters. The molecule has 0 aliphatic carbocycles. The van der Waals surface area contributed by atoms with Gasteiger partial charge in [0.1, 0.15) is 0 Å². The predicted octanol–water partition coefficient (Wildman–Crippen LogP) is 2.41. The maximum Gasteiger partial charge on any atom is 0.341 e. The molecule has 0 aliphatic heterocycles. The largest absolute Gasteiger partial charge is 0.462 e. The van der Waals surface area contributed by atoms with Crippen molar-refractivity contribution in [1.82, 2.24) is 0 Å². The lowest BCUT2D eigenvalue weighted by atomic mass is 9.99. The smallest absolute Gasteiger partial charge is 0.341 e. The van der Waals surface area contributed by atoms with Crippen molar-refractivity contribution in [2.75, 3.05) is 32.2 Å². The topological polar surface area (TPSA) is 55.8 Å². The molecule has 1 aromatic rings. The molecule has 0 N–H and O–H groups in total. The first-order valence-electron chi connectivity index (χ1n) is 6.59. The summed E-state index contributed by atoms with van der Waals surface area (Å²) in [7, 11) is 3.62. The van der Waals surface area contributed by atoms with Gasteiger partial charge in [0.05, 0.1) is 30.0 Å². The average molecular weight is 279 g/mol. The van der Waals surface area contributed by atoms with Crippen LogP contribution in [-0.4, -0.2) is 39.2 Å². The molecule has 0 saturated carbocycles. The zero-order chi connectivity index (χ0) is 15.3. The Balaban J connectivity index is 3.49. The molecule has 0 amide bonds. The van der Waals surface area contributed by atoms with E-state index in [9.17, 15) is 9.59 Å². The highest BCUT2D eigenvalue weighted by Gasteiger charge is 2.25. The molecule has 0 heterocycles. The van der Waals surface area contributed by atoms with Gasteiger partial charge >= 0.3 is 11.9 Å².